The first-order valence-electron chi connectivity index (χ1n) is 7.24. The van der Waals surface area contributed by atoms with Gasteiger partial charge in [0.2, 0.25) is 0 Å². The normalized spacial score (nSPS) is 12.2. The maximum atomic E-state index is 6.45. The fourth-order valence-corrected chi connectivity index (χ4v) is 2.71. The van der Waals surface area contributed by atoms with E-state index in [0.717, 1.165) is 23.8 Å². The van der Waals surface area contributed by atoms with Crippen LogP contribution in [0.1, 0.15) is 31.0 Å². The molecule has 0 saturated carbocycles. The Labute approximate surface area is 132 Å². The molecule has 112 valence electrons. The summed E-state index contributed by atoms with van der Waals surface area (Å²) in [6.45, 7) is 6.01. The van der Waals surface area contributed by atoms with Crippen molar-refractivity contribution in [1.82, 2.24) is 10.3 Å². The molecule has 1 heterocycles. The average Bonchev–Trinajstić information content (AvgIpc) is 2.48. The van der Waals surface area contributed by atoms with E-state index in [4.69, 9.17) is 11.6 Å². The molecule has 0 aliphatic heterocycles. The molecule has 1 atom stereocenters. The van der Waals surface area contributed by atoms with Crippen molar-refractivity contribution in [2.24, 2.45) is 0 Å². The minimum atomic E-state index is 0.312. The van der Waals surface area contributed by atoms with E-state index in [9.17, 15) is 0 Å². The summed E-state index contributed by atoms with van der Waals surface area (Å²) >= 11 is 6.45. The maximum Gasteiger partial charge on any atom is 0.0642 e. The Hall–Kier alpha value is -1.58. The Balaban J connectivity index is 2.13. The predicted octanol–water partition coefficient (Wildman–Crippen LogP) is 4.04. The molecule has 1 aromatic carbocycles. The van der Waals surface area contributed by atoms with Gasteiger partial charge < -0.3 is 10.2 Å². The summed E-state index contributed by atoms with van der Waals surface area (Å²) < 4.78 is 0. The molecule has 0 radical (unpaired) electrons. The van der Waals surface area contributed by atoms with Gasteiger partial charge in [-0.25, -0.2) is 0 Å². The van der Waals surface area contributed by atoms with E-state index in [1.165, 1.54) is 11.1 Å². The van der Waals surface area contributed by atoms with Crippen molar-refractivity contribution in [3.8, 4) is 0 Å². The minimum Gasteiger partial charge on any atom is -0.369 e. The van der Waals surface area contributed by atoms with Crippen molar-refractivity contribution < 1.29 is 0 Å². The van der Waals surface area contributed by atoms with Crippen molar-refractivity contribution in [3.05, 3.63) is 58.9 Å². The largest absolute Gasteiger partial charge is 0.369 e. The first-order valence-corrected chi connectivity index (χ1v) is 7.62. The highest BCUT2D eigenvalue weighted by molar-refractivity contribution is 6.33. The van der Waals surface area contributed by atoms with Crippen molar-refractivity contribution in [1.29, 1.82) is 0 Å². The van der Waals surface area contributed by atoms with Crippen LogP contribution in [-0.4, -0.2) is 18.6 Å². The average molecular weight is 304 g/mol. The molecule has 0 bridgehead atoms. The lowest BCUT2D eigenvalue weighted by Gasteiger charge is -2.22. The minimum absolute atomic E-state index is 0.312. The molecule has 0 aliphatic rings. The van der Waals surface area contributed by atoms with Crippen LogP contribution in [0.25, 0.3) is 0 Å². The number of benzene rings is 1. The Bertz CT molecular complexity index is 572. The fraction of sp³-hybridized carbons (Fsp3) is 0.353. The van der Waals surface area contributed by atoms with E-state index >= 15 is 0 Å². The zero-order valence-electron chi connectivity index (χ0n) is 12.8. The number of pyridine rings is 1. The number of nitrogens with one attached hydrogen (secondary N) is 1. The van der Waals surface area contributed by atoms with Crippen molar-refractivity contribution in [3.63, 3.8) is 0 Å². The van der Waals surface area contributed by atoms with Gasteiger partial charge in [0, 0.05) is 32.0 Å². The summed E-state index contributed by atoms with van der Waals surface area (Å²) in [5.74, 6) is 0. The number of nitrogens with zero attached hydrogens (tertiary/aromatic N) is 2. The topological polar surface area (TPSA) is 28.2 Å². The van der Waals surface area contributed by atoms with Crippen LogP contribution in [0.2, 0.25) is 5.02 Å². The number of hydrogen-bond acceptors (Lipinski definition) is 3. The van der Waals surface area contributed by atoms with Crippen LogP contribution in [0.4, 0.5) is 5.69 Å². The Morgan fingerprint density at radius 1 is 1.24 bits per heavy atom. The van der Waals surface area contributed by atoms with Crippen molar-refractivity contribution in [2.75, 3.05) is 18.5 Å². The van der Waals surface area contributed by atoms with Crippen LogP contribution in [0.15, 0.2) is 42.7 Å². The monoisotopic (exact) mass is 303 g/mol. The van der Waals surface area contributed by atoms with Gasteiger partial charge in [-0.1, -0.05) is 24.6 Å². The van der Waals surface area contributed by atoms with Crippen LogP contribution in [0, 0.1) is 0 Å². The van der Waals surface area contributed by atoms with Crippen LogP contribution < -0.4 is 10.2 Å². The highest BCUT2D eigenvalue weighted by Crippen LogP contribution is 2.29. The molecule has 3 nitrogen and oxygen atoms in total. The first-order chi connectivity index (χ1) is 10.1. The molecule has 1 N–H and O–H groups in total. The van der Waals surface area contributed by atoms with E-state index in [1.807, 2.05) is 30.6 Å². The molecule has 1 aromatic heterocycles. The zero-order valence-corrected chi connectivity index (χ0v) is 13.6. The van der Waals surface area contributed by atoms with Gasteiger partial charge in [0.05, 0.1) is 10.7 Å². The third-order valence-corrected chi connectivity index (χ3v) is 3.87. The number of anilines is 1. The van der Waals surface area contributed by atoms with Crippen LogP contribution in [0.3, 0.4) is 0 Å². The third kappa shape index (κ3) is 4.19. The molecule has 0 amide bonds. The van der Waals surface area contributed by atoms with Crippen LogP contribution in [-0.2, 0) is 6.54 Å². The third-order valence-electron chi connectivity index (χ3n) is 3.56. The second-order valence-corrected chi connectivity index (χ2v) is 5.61. The van der Waals surface area contributed by atoms with Gasteiger partial charge in [0.25, 0.3) is 0 Å². The molecule has 0 spiro atoms. The van der Waals surface area contributed by atoms with Crippen molar-refractivity contribution in [2.45, 2.75) is 26.4 Å². The Morgan fingerprint density at radius 3 is 2.57 bits per heavy atom. The summed E-state index contributed by atoms with van der Waals surface area (Å²) in [7, 11) is 2.05. The molecular weight excluding hydrogens is 282 g/mol. The molecule has 0 fully saturated rings. The lowest BCUT2D eigenvalue weighted by Crippen LogP contribution is -2.19. The summed E-state index contributed by atoms with van der Waals surface area (Å²) in [6.07, 6.45) is 3.62. The molecular formula is C17H22ClN3. The molecule has 21 heavy (non-hydrogen) atoms. The highest BCUT2D eigenvalue weighted by atomic mass is 35.5. The molecule has 0 saturated heterocycles. The summed E-state index contributed by atoms with van der Waals surface area (Å²) in [5.41, 5.74) is 3.47. The van der Waals surface area contributed by atoms with Gasteiger partial charge in [-0.3, -0.25) is 4.98 Å². The molecule has 0 aliphatic carbocycles. The summed E-state index contributed by atoms with van der Waals surface area (Å²) in [6, 6.07) is 10.6. The van der Waals surface area contributed by atoms with Crippen LogP contribution in [0.5, 0.6) is 0 Å². The number of aromatic nitrogens is 1. The second kappa shape index (κ2) is 7.43. The van der Waals surface area contributed by atoms with Gasteiger partial charge in [0.15, 0.2) is 0 Å². The summed E-state index contributed by atoms with van der Waals surface area (Å²) in [5, 5.41) is 4.18. The quantitative estimate of drug-likeness (QED) is 0.873. The van der Waals surface area contributed by atoms with Gasteiger partial charge in [-0.05, 0) is 48.9 Å². The van der Waals surface area contributed by atoms with Gasteiger partial charge in [-0.2, -0.15) is 0 Å². The fourth-order valence-electron chi connectivity index (χ4n) is 2.37. The lowest BCUT2D eigenvalue weighted by atomic mass is 10.1. The molecule has 2 aromatic rings. The number of halogens is 1. The van der Waals surface area contributed by atoms with E-state index in [2.05, 4.69) is 48.2 Å². The molecule has 4 heteroatoms. The van der Waals surface area contributed by atoms with Gasteiger partial charge in [-0.15, -0.1) is 0 Å². The van der Waals surface area contributed by atoms with E-state index < -0.39 is 0 Å². The highest BCUT2D eigenvalue weighted by Gasteiger charge is 2.10. The van der Waals surface area contributed by atoms with Crippen molar-refractivity contribution >= 4 is 17.3 Å². The second-order valence-electron chi connectivity index (χ2n) is 5.20. The zero-order chi connectivity index (χ0) is 15.2. The number of hydrogen-bond donors (Lipinski definition) is 1. The van der Waals surface area contributed by atoms with E-state index in [1.54, 1.807) is 0 Å². The molecule has 1 unspecified atom stereocenters. The summed E-state index contributed by atoms with van der Waals surface area (Å²) in [4.78, 5) is 6.19. The van der Waals surface area contributed by atoms with E-state index in [0.29, 0.717) is 6.04 Å². The standard InChI is InChI=1S/C17H22ClN3/c1-4-20-13(2)15-5-6-17(16(18)11-15)21(3)12-14-7-9-19-10-8-14/h5-11,13,20H,4,12H2,1-3H3. The first kappa shape index (κ1) is 15.8. The molecule has 2 rings (SSSR count). The van der Waals surface area contributed by atoms with Gasteiger partial charge >= 0.3 is 0 Å². The maximum absolute atomic E-state index is 6.45. The SMILES string of the molecule is CCNC(C)c1ccc(N(C)Cc2ccncc2)c(Cl)c1. The predicted molar refractivity (Wildman–Crippen MR) is 89.9 cm³/mol. The Kier molecular flexibility index (Phi) is 5.59. The Morgan fingerprint density at radius 2 is 1.95 bits per heavy atom. The van der Waals surface area contributed by atoms with Gasteiger partial charge in [0.1, 0.15) is 0 Å². The van der Waals surface area contributed by atoms with E-state index in [-0.39, 0.29) is 0 Å². The number of rotatable bonds is 6. The van der Waals surface area contributed by atoms with Crippen LogP contribution >= 0.6 is 11.6 Å². The smallest absolute Gasteiger partial charge is 0.0642 e. The lowest BCUT2D eigenvalue weighted by molar-refractivity contribution is 0.598.